The van der Waals surface area contributed by atoms with E-state index in [1.54, 1.807) is 0 Å². The summed E-state index contributed by atoms with van der Waals surface area (Å²) in [5.74, 6) is -0.298. The fourth-order valence-corrected chi connectivity index (χ4v) is 2.44. The van der Waals surface area contributed by atoms with Gasteiger partial charge in [0.2, 0.25) is 0 Å². The lowest BCUT2D eigenvalue weighted by Gasteiger charge is -2.37. The molecule has 0 saturated carbocycles. The summed E-state index contributed by atoms with van der Waals surface area (Å²) >= 11 is 0. The van der Waals surface area contributed by atoms with E-state index in [9.17, 15) is 0 Å². The van der Waals surface area contributed by atoms with E-state index in [0.717, 1.165) is 57.1 Å². The summed E-state index contributed by atoms with van der Waals surface area (Å²) in [6, 6.07) is 0. The number of aryl methyl sites for hydroxylation is 1. The van der Waals surface area contributed by atoms with Gasteiger partial charge < -0.3 is 9.47 Å². The van der Waals surface area contributed by atoms with Gasteiger partial charge in [0.25, 0.3) is 0 Å². The number of aromatic nitrogens is 2. The number of rotatable bonds is 2. The summed E-state index contributed by atoms with van der Waals surface area (Å²) in [5, 5.41) is 7.70. The molecule has 0 N–H and O–H groups in total. The topological polar surface area (TPSA) is 60.6 Å². The van der Waals surface area contributed by atoms with Crippen LogP contribution in [-0.4, -0.2) is 47.3 Å². The lowest BCUT2D eigenvalue weighted by Crippen LogP contribution is -2.44. The molecule has 3 heterocycles. The number of hydrogen-bond acceptors (Lipinski definition) is 6. The molecule has 1 aromatic heterocycles. The molecule has 6 heteroatoms. The van der Waals surface area contributed by atoms with Crippen LogP contribution in [-0.2, 0) is 16.0 Å². The summed E-state index contributed by atoms with van der Waals surface area (Å²) in [7, 11) is 0. The first-order valence-corrected chi connectivity index (χ1v) is 6.06. The Balaban J connectivity index is 1.56. The molecule has 0 aliphatic carbocycles. The molecular weight excluding hydrogens is 222 g/mol. The Morgan fingerprint density at radius 3 is 2.47 bits per heavy atom. The molecule has 1 spiro atoms. The minimum absolute atomic E-state index is 0.298. The van der Waals surface area contributed by atoms with E-state index in [2.05, 4.69) is 15.2 Å². The molecule has 6 nitrogen and oxygen atoms in total. The maximum absolute atomic E-state index is 5.69. The van der Waals surface area contributed by atoms with Crippen molar-refractivity contribution >= 4 is 0 Å². The van der Waals surface area contributed by atoms with Gasteiger partial charge in [-0.05, 0) is 6.92 Å². The number of piperidine rings is 1. The fourth-order valence-electron chi connectivity index (χ4n) is 2.44. The van der Waals surface area contributed by atoms with Crippen LogP contribution in [0.5, 0.6) is 0 Å². The van der Waals surface area contributed by atoms with Crippen LogP contribution in [0.25, 0.3) is 0 Å². The zero-order chi connectivity index (χ0) is 11.7. The highest BCUT2D eigenvalue weighted by atomic mass is 16.7. The van der Waals surface area contributed by atoms with E-state index < -0.39 is 0 Å². The van der Waals surface area contributed by atoms with Gasteiger partial charge in [0, 0.05) is 32.5 Å². The van der Waals surface area contributed by atoms with Crippen molar-refractivity contribution < 1.29 is 14.1 Å². The summed E-state index contributed by atoms with van der Waals surface area (Å²) in [5.41, 5.74) is 1.80. The van der Waals surface area contributed by atoms with Crippen molar-refractivity contribution in [1.82, 2.24) is 15.2 Å². The van der Waals surface area contributed by atoms with E-state index in [0.29, 0.717) is 0 Å². The van der Waals surface area contributed by atoms with Crippen molar-refractivity contribution in [3.05, 3.63) is 11.4 Å². The minimum Gasteiger partial charge on any atom is -0.347 e. The van der Waals surface area contributed by atoms with Crippen LogP contribution < -0.4 is 0 Å². The Hall–Kier alpha value is -0.980. The second-order valence-corrected chi connectivity index (χ2v) is 4.68. The van der Waals surface area contributed by atoms with Gasteiger partial charge in [0.15, 0.2) is 5.79 Å². The molecule has 0 aromatic carbocycles. The maximum Gasteiger partial charge on any atom is 0.170 e. The molecule has 94 valence electrons. The highest BCUT2D eigenvalue weighted by molar-refractivity contribution is 5.04. The Bertz CT molecular complexity index is 377. The average molecular weight is 239 g/mol. The lowest BCUT2D eigenvalue weighted by atomic mass is 10.0. The van der Waals surface area contributed by atoms with Crippen LogP contribution in [0.15, 0.2) is 4.63 Å². The highest BCUT2D eigenvalue weighted by Gasteiger charge is 2.39. The number of likely N-dealkylation sites (tertiary alicyclic amines) is 1. The quantitative estimate of drug-likeness (QED) is 0.757. The van der Waals surface area contributed by atoms with Crippen LogP contribution in [0.4, 0.5) is 0 Å². The molecule has 2 aliphatic heterocycles. The monoisotopic (exact) mass is 239 g/mol. The molecule has 2 fully saturated rings. The molecule has 1 aromatic rings. The van der Waals surface area contributed by atoms with Crippen LogP contribution in [0.1, 0.15) is 24.2 Å². The van der Waals surface area contributed by atoms with Crippen molar-refractivity contribution in [3.8, 4) is 0 Å². The molecule has 17 heavy (non-hydrogen) atoms. The Morgan fingerprint density at radius 1 is 1.18 bits per heavy atom. The minimum atomic E-state index is -0.298. The molecule has 0 radical (unpaired) electrons. The maximum atomic E-state index is 5.69. The summed E-state index contributed by atoms with van der Waals surface area (Å²) in [6.45, 7) is 6.10. The van der Waals surface area contributed by atoms with Gasteiger partial charge in [-0.15, -0.1) is 0 Å². The average Bonchev–Trinajstić information content (AvgIpc) is 2.94. The van der Waals surface area contributed by atoms with Gasteiger partial charge in [-0.3, -0.25) is 4.90 Å². The van der Waals surface area contributed by atoms with Gasteiger partial charge in [0.05, 0.1) is 13.2 Å². The first-order valence-electron chi connectivity index (χ1n) is 6.06. The largest absolute Gasteiger partial charge is 0.347 e. The molecule has 3 rings (SSSR count). The normalized spacial score (nSPS) is 24.5. The second-order valence-electron chi connectivity index (χ2n) is 4.68. The predicted octanol–water partition coefficient (Wildman–Crippen LogP) is 0.717. The lowest BCUT2D eigenvalue weighted by molar-refractivity contribution is -0.185. The third-order valence-electron chi connectivity index (χ3n) is 3.55. The van der Waals surface area contributed by atoms with Crippen LogP contribution in [0.2, 0.25) is 0 Å². The molecule has 0 atom stereocenters. The molecular formula is C11H17N3O3. The van der Waals surface area contributed by atoms with Crippen molar-refractivity contribution in [1.29, 1.82) is 0 Å². The van der Waals surface area contributed by atoms with Crippen LogP contribution in [0, 0.1) is 6.92 Å². The van der Waals surface area contributed by atoms with Gasteiger partial charge in [-0.2, -0.15) is 0 Å². The van der Waals surface area contributed by atoms with Gasteiger partial charge in [-0.25, -0.2) is 4.63 Å². The Labute approximate surface area is 99.8 Å². The summed E-state index contributed by atoms with van der Waals surface area (Å²) in [6.07, 6.45) is 1.86. The molecule has 0 unspecified atom stereocenters. The zero-order valence-corrected chi connectivity index (χ0v) is 10.0. The smallest absolute Gasteiger partial charge is 0.170 e. The fraction of sp³-hybridized carbons (Fsp3) is 0.818. The third kappa shape index (κ3) is 2.20. The van der Waals surface area contributed by atoms with Crippen molar-refractivity contribution in [2.75, 3.05) is 26.3 Å². The molecule has 0 amide bonds. The highest BCUT2D eigenvalue weighted by Crippen LogP contribution is 2.31. The molecule has 2 aliphatic rings. The van der Waals surface area contributed by atoms with E-state index >= 15 is 0 Å². The third-order valence-corrected chi connectivity index (χ3v) is 3.55. The predicted molar refractivity (Wildman–Crippen MR) is 58.2 cm³/mol. The number of nitrogens with zero attached hydrogens (tertiary/aromatic N) is 3. The summed E-state index contributed by atoms with van der Waals surface area (Å²) < 4.78 is 16.1. The van der Waals surface area contributed by atoms with Gasteiger partial charge in [-0.1, -0.05) is 10.3 Å². The number of ether oxygens (including phenoxy) is 2. The van der Waals surface area contributed by atoms with E-state index in [1.165, 1.54) is 0 Å². The van der Waals surface area contributed by atoms with Crippen LogP contribution >= 0.6 is 0 Å². The van der Waals surface area contributed by atoms with Crippen molar-refractivity contribution in [3.63, 3.8) is 0 Å². The van der Waals surface area contributed by atoms with E-state index in [-0.39, 0.29) is 5.79 Å². The Kier molecular flexibility index (Phi) is 2.85. The second kappa shape index (κ2) is 4.36. The SMILES string of the molecule is Cc1nonc1CN1CCC2(CC1)OCCO2. The van der Waals surface area contributed by atoms with Crippen molar-refractivity contribution in [2.45, 2.75) is 32.1 Å². The van der Waals surface area contributed by atoms with E-state index in [1.807, 2.05) is 6.92 Å². The standard InChI is InChI=1S/C11H17N3O3/c1-9-10(13-17-12-9)8-14-4-2-11(3-5-14)15-6-7-16-11/h2-8H2,1H3. The molecule has 2 saturated heterocycles. The summed E-state index contributed by atoms with van der Waals surface area (Å²) in [4.78, 5) is 2.34. The van der Waals surface area contributed by atoms with Gasteiger partial charge >= 0.3 is 0 Å². The van der Waals surface area contributed by atoms with E-state index in [4.69, 9.17) is 14.1 Å². The Morgan fingerprint density at radius 2 is 1.88 bits per heavy atom. The first-order chi connectivity index (χ1) is 8.27. The number of hydrogen-bond donors (Lipinski definition) is 0. The van der Waals surface area contributed by atoms with Crippen LogP contribution in [0.3, 0.4) is 0 Å². The van der Waals surface area contributed by atoms with Crippen molar-refractivity contribution in [2.24, 2.45) is 0 Å². The molecule has 0 bridgehead atoms. The zero-order valence-electron chi connectivity index (χ0n) is 10.0. The van der Waals surface area contributed by atoms with Gasteiger partial charge in [0.1, 0.15) is 11.4 Å². The first kappa shape index (κ1) is 11.1.